The molecule has 1 atom stereocenters. The van der Waals surface area contributed by atoms with Gasteiger partial charge < -0.3 is 10.1 Å². The van der Waals surface area contributed by atoms with Crippen LogP contribution in [0.4, 0.5) is 0 Å². The van der Waals surface area contributed by atoms with Gasteiger partial charge in [-0.15, -0.1) is 0 Å². The lowest BCUT2D eigenvalue weighted by Gasteiger charge is -2.15. The lowest BCUT2D eigenvalue weighted by Crippen LogP contribution is -2.15. The molecule has 1 rings (SSSR count). The molecule has 74 valence electrons. The molecule has 0 saturated heterocycles. The molecule has 0 saturated carbocycles. The molecular formula is C11H19NO. The van der Waals surface area contributed by atoms with E-state index in [-0.39, 0.29) is 0 Å². The van der Waals surface area contributed by atoms with Gasteiger partial charge in [-0.3, -0.25) is 0 Å². The minimum Gasteiger partial charge on any atom is -0.494 e. The Labute approximate surface area is 80.7 Å². The van der Waals surface area contributed by atoms with Gasteiger partial charge in [0.1, 0.15) is 6.10 Å². The molecule has 0 aromatic rings. The van der Waals surface area contributed by atoms with Crippen molar-refractivity contribution in [3.05, 3.63) is 24.5 Å². The third-order valence-electron chi connectivity index (χ3n) is 2.01. The molecule has 0 fully saturated rings. The predicted molar refractivity (Wildman–Crippen MR) is 55.5 cm³/mol. The minimum atomic E-state index is 0.299. The van der Waals surface area contributed by atoms with Crippen molar-refractivity contribution in [1.82, 2.24) is 5.32 Å². The number of hydrogen-bond acceptors (Lipinski definition) is 2. The van der Waals surface area contributed by atoms with Gasteiger partial charge in [0.05, 0.1) is 6.26 Å². The molecule has 1 aliphatic rings. The second-order valence-corrected chi connectivity index (χ2v) is 3.26. The van der Waals surface area contributed by atoms with E-state index in [2.05, 4.69) is 30.5 Å². The number of allylic oxidation sites excluding steroid dienone is 1. The second-order valence-electron chi connectivity index (χ2n) is 3.26. The van der Waals surface area contributed by atoms with E-state index in [0.717, 1.165) is 25.9 Å². The Bertz CT molecular complexity index is 175. The number of nitrogens with one attached hydrogen (secondary N) is 1. The molecule has 2 heteroatoms. The van der Waals surface area contributed by atoms with Crippen LogP contribution in [0.3, 0.4) is 0 Å². The Hall–Kier alpha value is -0.760. The van der Waals surface area contributed by atoms with Gasteiger partial charge in [0.2, 0.25) is 0 Å². The lowest BCUT2D eigenvalue weighted by atomic mass is 10.1. The molecule has 0 aromatic heterocycles. The Balaban J connectivity index is 2.05. The first-order valence-corrected chi connectivity index (χ1v) is 5.11. The average Bonchev–Trinajstić information content (AvgIpc) is 2.19. The smallest absolute Gasteiger partial charge is 0.116 e. The zero-order chi connectivity index (χ0) is 9.36. The maximum absolute atomic E-state index is 5.39. The molecular weight excluding hydrogens is 162 g/mol. The van der Waals surface area contributed by atoms with Crippen molar-refractivity contribution in [1.29, 1.82) is 0 Å². The Morgan fingerprint density at radius 3 is 3.23 bits per heavy atom. The van der Waals surface area contributed by atoms with Crippen LogP contribution in [-0.4, -0.2) is 19.2 Å². The van der Waals surface area contributed by atoms with Crippen LogP contribution in [0.1, 0.15) is 26.2 Å². The number of rotatable bonds is 5. The molecule has 0 aliphatic carbocycles. The fourth-order valence-corrected chi connectivity index (χ4v) is 1.28. The first-order valence-electron chi connectivity index (χ1n) is 5.11. The molecule has 0 amide bonds. The van der Waals surface area contributed by atoms with Crippen LogP contribution in [-0.2, 0) is 4.74 Å². The summed E-state index contributed by atoms with van der Waals surface area (Å²) in [5.41, 5.74) is 0. The summed E-state index contributed by atoms with van der Waals surface area (Å²) in [5, 5.41) is 3.31. The monoisotopic (exact) mass is 181 g/mol. The summed E-state index contributed by atoms with van der Waals surface area (Å²) in [5.74, 6) is 0. The highest BCUT2D eigenvalue weighted by Gasteiger charge is 2.04. The van der Waals surface area contributed by atoms with Gasteiger partial charge in [-0.25, -0.2) is 0 Å². The standard InChI is InChI=1S/C11H19NO/c1-2-8-12-9-5-7-11-6-3-4-10-13-11/h4-5,7,10-12H,2-3,6,8-9H2,1H3. The van der Waals surface area contributed by atoms with Crippen molar-refractivity contribution in [3.8, 4) is 0 Å². The predicted octanol–water partition coefficient (Wildman–Crippen LogP) is 2.23. The van der Waals surface area contributed by atoms with Gasteiger partial charge in [-0.1, -0.05) is 13.0 Å². The van der Waals surface area contributed by atoms with E-state index in [1.54, 1.807) is 6.26 Å². The summed E-state index contributed by atoms with van der Waals surface area (Å²) in [6.07, 6.45) is 11.9. The summed E-state index contributed by atoms with van der Waals surface area (Å²) in [6, 6.07) is 0. The molecule has 2 nitrogen and oxygen atoms in total. The highest BCUT2D eigenvalue weighted by atomic mass is 16.5. The number of hydrogen-bond donors (Lipinski definition) is 1. The van der Waals surface area contributed by atoms with Crippen LogP contribution in [0, 0.1) is 0 Å². The number of ether oxygens (including phenoxy) is 1. The van der Waals surface area contributed by atoms with Gasteiger partial charge in [-0.05, 0) is 38.0 Å². The first-order chi connectivity index (χ1) is 6.43. The van der Waals surface area contributed by atoms with Crippen molar-refractivity contribution in [2.75, 3.05) is 13.1 Å². The molecule has 0 spiro atoms. The molecule has 1 heterocycles. The molecule has 1 aliphatic heterocycles. The molecule has 1 N–H and O–H groups in total. The Kier molecular flexibility index (Phi) is 5.34. The van der Waals surface area contributed by atoms with Gasteiger partial charge in [0, 0.05) is 6.54 Å². The van der Waals surface area contributed by atoms with Crippen LogP contribution < -0.4 is 5.32 Å². The van der Waals surface area contributed by atoms with Gasteiger partial charge in [0.25, 0.3) is 0 Å². The average molecular weight is 181 g/mol. The van der Waals surface area contributed by atoms with Gasteiger partial charge in [0.15, 0.2) is 0 Å². The van der Waals surface area contributed by atoms with E-state index >= 15 is 0 Å². The SMILES string of the molecule is CCCNCC=CC1CCC=CO1. The minimum absolute atomic E-state index is 0.299. The van der Waals surface area contributed by atoms with Crippen molar-refractivity contribution in [3.63, 3.8) is 0 Å². The topological polar surface area (TPSA) is 21.3 Å². The lowest BCUT2D eigenvalue weighted by molar-refractivity contribution is 0.165. The summed E-state index contributed by atoms with van der Waals surface area (Å²) in [7, 11) is 0. The van der Waals surface area contributed by atoms with Crippen LogP contribution in [0.15, 0.2) is 24.5 Å². The van der Waals surface area contributed by atoms with E-state index in [1.165, 1.54) is 6.42 Å². The first kappa shape index (κ1) is 10.3. The van der Waals surface area contributed by atoms with Crippen LogP contribution >= 0.6 is 0 Å². The van der Waals surface area contributed by atoms with E-state index in [9.17, 15) is 0 Å². The molecule has 1 unspecified atom stereocenters. The fourth-order valence-electron chi connectivity index (χ4n) is 1.28. The molecule has 0 aromatic carbocycles. The maximum atomic E-state index is 5.39. The summed E-state index contributed by atoms with van der Waals surface area (Å²) in [4.78, 5) is 0. The normalized spacial score (nSPS) is 22.1. The molecule has 0 bridgehead atoms. The van der Waals surface area contributed by atoms with Crippen molar-refractivity contribution < 1.29 is 4.74 Å². The largest absolute Gasteiger partial charge is 0.494 e. The van der Waals surface area contributed by atoms with Crippen LogP contribution in [0.2, 0.25) is 0 Å². The van der Waals surface area contributed by atoms with Gasteiger partial charge >= 0.3 is 0 Å². The summed E-state index contributed by atoms with van der Waals surface area (Å²) < 4.78 is 5.39. The quantitative estimate of drug-likeness (QED) is 0.519. The van der Waals surface area contributed by atoms with E-state index in [0.29, 0.717) is 6.10 Å². The Morgan fingerprint density at radius 2 is 2.54 bits per heavy atom. The molecule has 13 heavy (non-hydrogen) atoms. The third-order valence-corrected chi connectivity index (χ3v) is 2.01. The maximum Gasteiger partial charge on any atom is 0.116 e. The second kappa shape index (κ2) is 6.72. The zero-order valence-electron chi connectivity index (χ0n) is 8.33. The van der Waals surface area contributed by atoms with Crippen molar-refractivity contribution in [2.45, 2.75) is 32.3 Å². The molecule has 0 radical (unpaired) electrons. The van der Waals surface area contributed by atoms with Crippen molar-refractivity contribution in [2.24, 2.45) is 0 Å². The summed E-state index contributed by atoms with van der Waals surface area (Å²) >= 11 is 0. The Morgan fingerprint density at radius 1 is 1.62 bits per heavy atom. The highest BCUT2D eigenvalue weighted by Crippen LogP contribution is 2.10. The summed E-state index contributed by atoms with van der Waals surface area (Å²) in [6.45, 7) is 4.22. The van der Waals surface area contributed by atoms with E-state index in [1.807, 2.05) is 0 Å². The van der Waals surface area contributed by atoms with E-state index < -0.39 is 0 Å². The zero-order valence-corrected chi connectivity index (χ0v) is 8.33. The fraction of sp³-hybridized carbons (Fsp3) is 0.636. The third kappa shape index (κ3) is 4.73. The van der Waals surface area contributed by atoms with Crippen molar-refractivity contribution >= 4 is 0 Å². The van der Waals surface area contributed by atoms with Crippen LogP contribution in [0.5, 0.6) is 0 Å². The van der Waals surface area contributed by atoms with Crippen LogP contribution in [0.25, 0.3) is 0 Å². The highest BCUT2D eigenvalue weighted by molar-refractivity contribution is 4.96. The van der Waals surface area contributed by atoms with E-state index in [4.69, 9.17) is 4.74 Å². The van der Waals surface area contributed by atoms with Gasteiger partial charge in [-0.2, -0.15) is 0 Å².